The molecule has 0 aliphatic heterocycles. The van der Waals surface area contributed by atoms with E-state index in [2.05, 4.69) is 11.9 Å². The van der Waals surface area contributed by atoms with Crippen LogP contribution in [0.1, 0.15) is 55.5 Å². The van der Waals surface area contributed by atoms with E-state index in [1.165, 1.54) is 3.97 Å². The maximum atomic E-state index is 14.1. The van der Waals surface area contributed by atoms with Gasteiger partial charge in [-0.25, -0.2) is 17.2 Å². The highest BCUT2D eigenvalue weighted by atomic mass is 35.5. The topological polar surface area (TPSA) is 77.4 Å². The van der Waals surface area contributed by atoms with Gasteiger partial charge in [-0.05, 0) is 99.7 Å². The van der Waals surface area contributed by atoms with Crippen LogP contribution in [0.5, 0.6) is 0 Å². The van der Waals surface area contributed by atoms with Crippen LogP contribution >= 0.6 is 11.6 Å². The van der Waals surface area contributed by atoms with E-state index in [-0.39, 0.29) is 10.9 Å². The van der Waals surface area contributed by atoms with Crippen molar-refractivity contribution >= 4 is 44.7 Å². The van der Waals surface area contributed by atoms with Crippen LogP contribution in [0.4, 0.5) is 4.79 Å². The van der Waals surface area contributed by atoms with Gasteiger partial charge in [0.1, 0.15) is 5.60 Å². The van der Waals surface area contributed by atoms with Gasteiger partial charge in [-0.2, -0.15) is 0 Å². The summed E-state index contributed by atoms with van der Waals surface area (Å²) in [6.45, 7) is 11.2. The molecule has 0 unspecified atom stereocenters. The van der Waals surface area contributed by atoms with E-state index in [9.17, 15) is 13.2 Å². The number of alkyl carbamates (subject to hydrolysis) is 1. The number of aromatic nitrogens is 1. The standard InChI is InChI=1S/C31H31ClN2O4S/c1-6-20-15-21(17-22(32)16-20)29-18-26-24-11-13-27(33-30(35)38-31(3,4)5)25(24)12-14-28(26)34(29)39(36,37)23-9-7-19(2)8-10-23/h6-10,12,14-18,27H,1,11,13H2,2-5H3,(H,33,35)/t27-/m1/s1. The predicted octanol–water partition coefficient (Wildman–Crippen LogP) is 7.66. The molecule has 1 N–H and O–H groups in total. The Bertz CT molecular complexity index is 1710. The fourth-order valence-electron chi connectivity index (χ4n) is 5.14. The Morgan fingerprint density at radius 2 is 1.82 bits per heavy atom. The predicted molar refractivity (Wildman–Crippen MR) is 157 cm³/mol. The minimum absolute atomic E-state index is 0.197. The van der Waals surface area contributed by atoms with Crippen LogP contribution in [-0.4, -0.2) is 24.1 Å². The molecule has 5 rings (SSSR count). The third kappa shape index (κ3) is 5.21. The van der Waals surface area contributed by atoms with Gasteiger partial charge in [0.15, 0.2) is 0 Å². The summed E-state index contributed by atoms with van der Waals surface area (Å²) in [5.41, 5.74) is 4.87. The highest BCUT2D eigenvalue weighted by molar-refractivity contribution is 7.90. The Balaban J connectivity index is 1.70. The molecule has 1 heterocycles. The van der Waals surface area contributed by atoms with E-state index in [0.29, 0.717) is 34.6 Å². The van der Waals surface area contributed by atoms with E-state index in [0.717, 1.165) is 27.6 Å². The molecule has 0 saturated carbocycles. The van der Waals surface area contributed by atoms with Gasteiger partial charge in [-0.1, -0.05) is 48.0 Å². The summed E-state index contributed by atoms with van der Waals surface area (Å²) in [5, 5.41) is 4.29. The van der Waals surface area contributed by atoms with Crippen LogP contribution in [0.3, 0.4) is 0 Å². The number of fused-ring (bicyclic) bond motifs is 3. The lowest BCUT2D eigenvalue weighted by Crippen LogP contribution is -2.34. The quantitative estimate of drug-likeness (QED) is 0.271. The van der Waals surface area contributed by atoms with Crippen LogP contribution < -0.4 is 5.32 Å². The molecular weight excluding hydrogens is 532 g/mol. The van der Waals surface area contributed by atoms with E-state index in [1.807, 2.05) is 52.0 Å². The number of hydrogen-bond donors (Lipinski definition) is 1. The Kier molecular flexibility index (Phi) is 6.85. The summed E-state index contributed by atoms with van der Waals surface area (Å²) in [7, 11) is -3.96. The fraction of sp³-hybridized carbons (Fsp3) is 0.258. The van der Waals surface area contributed by atoms with Gasteiger partial charge in [-0.15, -0.1) is 0 Å². The number of carbonyl (C=O) groups excluding carboxylic acids is 1. The molecule has 39 heavy (non-hydrogen) atoms. The number of hydrogen-bond acceptors (Lipinski definition) is 4. The van der Waals surface area contributed by atoms with Crippen LogP contribution in [-0.2, 0) is 21.2 Å². The maximum absolute atomic E-state index is 14.1. The first-order chi connectivity index (χ1) is 18.4. The van der Waals surface area contributed by atoms with E-state index < -0.39 is 21.7 Å². The number of amides is 1. The van der Waals surface area contributed by atoms with Crippen molar-refractivity contribution in [2.24, 2.45) is 0 Å². The van der Waals surface area contributed by atoms with Gasteiger partial charge < -0.3 is 10.1 Å². The Morgan fingerprint density at radius 1 is 1.10 bits per heavy atom. The molecule has 4 aromatic rings. The van der Waals surface area contributed by atoms with Gasteiger partial charge in [0, 0.05) is 16.0 Å². The molecule has 1 aliphatic rings. The lowest BCUT2D eigenvalue weighted by Gasteiger charge is -2.22. The van der Waals surface area contributed by atoms with E-state index in [4.69, 9.17) is 16.3 Å². The first kappa shape index (κ1) is 27.0. The van der Waals surface area contributed by atoms with Crippen molar-refractivity contribution in [2.45, 2.75) is 57.1 Å². The molecule has 202 valence electrons. The molecule has 8 heteroatoms. The summed E-state index contributed by atoms with van der Waals surface area (Å²) in [6, 6.07) is 17.7. The molecule has 1 atom stereocenters. The first-order valence-corrected chi connectivity index (χ1v) is 14.6. The van der Waals surface area contributed by atoms with Crippen LogP contribution in [0.2, 0.25) is 5.02 Å². The SMILES string of the molecule is C=Cc1cc(Cl)cc(-c2cc3c4c(ccc3n2S(=O)(=O)c2ccc(C)cc2)[C@H](NC(=O)OC(C)(C)C)CC4)c1. The molecule has 0 saturated heterocycles. The fourth-order valence-corrected chi connectivity index (χ4v) is 6.90. The summed E-state index contributed by atoms with van der Waals surface area (Å²) in [4.78, 5) is 12.7. The number of aryl methyl sites for hydroxylation is 2. The highest BCUT2D eigenvalue weighted by Gasteiger charge is 2.31. The molecule has 3 aromatic carbocycles. The number of carbonyl (C=O) groups is 1. The molecule has 0 spiro atoms. The molecule has 1 aliphatic carbocycles. The van der Waals surface area contributed by atoms with Crippen molar-refractivity contribution in [1.29, 1.82) is 0 Å². The van der Waals surface area contributed by atoms with Crippen molar-refractivity contribution in [3.8, 4) is 11.3 Å². The number of ether oxygens (including phenoxy) is 1. The molecule has 1 aromatic heterocycles. The zero-order chi connectivity index (χ0) is 28.1. The largest absolute Gasteiger partial charge is 0.444 e. The lowest BCUT2D eigenvalue weighted by atomic mass is 10.0. The zero-order valence-corrected chi connectivity index (χ0v) is 24.0. The van der Waals surface area contributed by atoms with Gasteiger partial charge in [0.25, 0.3) is 10.0 Å². The average molecular weight is 563 g/mol. The Labute approximate surface area is 234 Å². The summed E-state index contributed by atoms with van der Waals surface area (Å²) in [5.74, 6) is 0. The second-order valence-corrected chi connectivity index (χ2v) is 13.1. The molecule has 1 amide bonds. The second-order valence-electron chi connectivity index (χ2n) is 10.9. The lowest BCUT2D eigenvalue weighted by molar-refractivity contribution is 0.0503. The van der Waals surface area contributed by atoms with E-state index >= 15 is 0 Å². The van der Waals surface area contributed by atoms with Crippen molar-refractivity contribution in [1.82, 2.24) is 9.29 Å². The van der Waals surface area contributed by atoms with Crippen LogP contribution in [0.25, 0.3) is 28.2 Å². The van der Waals surface area contributed by atoms with Crippen molar-refractivity contribution < 1.29 is 17.9 Å². The third-order valence-corrected chi connectivity index (χ3v) is 8.81. The summed E-state index contributed by atoms with van der Waals surface area (Å²) in [6.07, 6.45) is 2.59. The van der Waals surface area contributed by atoms with Crippen LogP contribution in [0, 0.1) is 6.92 Å². The summed E-state index contributed by atoms with van der Waals surface area (Å²) < 4.78 is 35.1. The average Bonchev–Trinajstić information content (AvgIpc) is 3.44. The van der Waals surface area contributed by atoms with Gasteiger partial charge >= 0.3 is 6.09 Å². The van der Waals surface area contributed by atoms with Crippen molar-refractivity contribution in [3.63, 3.8) is 0 Å². The van der Waals surface area contributed by atoms with Crippen LogP contribution in [0.15, 0.2) is 72.1 Å². The van der Waals surface area contributed by atoms with Crippen molar-refractivity contribution in [3.05, 3.63) is 94.5 Å². The molecule has 0 bridgehead atoms. The minimum Gasteiger partial charge on any atom is -0.444 e. The monoisotopic (exact) mass is 562 g/mol. The number of rotatable bonds is 5. The normalized spacial score (nSPS) is 15.3. The first-order valence-electron chi connectivity index (χ1n) is 12.8. The summed E-state index contributed by atoms with van der Waals surface area (Å²) >= 11 is 6.43. The minimum atomic E-state index is -3.96. The molecular formula is C31H31ClN2O4S. The second kappa shape index (κ2) is 9.88. The molecule has 0 radical (unpaired) electrons. The number of benzene rings is 3. The van der Waals surface area contributed by atoms with Crippen molar-refractivity contribution in [2.75, 3.05) is 0 Å². The smallest absolute Gasteiger partial charge is 0.408 e. The Hall–Kier alpha value is -3.55. The van der Waals surface area contributed by atoms with E-state index in [1.54, 1.807) is 42.5 Å². The van der Waals surface area contributed by atoms with Gasteiger partial charge in [0.05, 0.1) is 22.1 Å². The highest BCUT2D eigenvalue weighted by Crippen LogP contribution is 2.41. The molecule has 0 fully saturated rings. The zero-order valence-electron chi connectivity index (χ0n) is 22.4. The molecule has 6 nitrogen and oxygen atoms in total. The van der Waals surface area contributed by atoms with Gasteiger partial charge in [-0.3, -0.25) is 0 Å². The number of halogens is 1. The number of nitrogens with one attached hydrogen (secondary N) is 1. The maximum Gasteiger partial charge on any atom is 0.408 e. The van der Waals surface area contributed by atoms with Gasteiger partial charge in [0.2, 0.25) is 0 Å². The third-order valence-electron chi connectivity index (χ3n) is 6.85. The number of nitrogens with zero attached hydrogens (tertiary/aromatic N) is 1. The Morgan fingerprint density at radius 3 is 2.49 bits per heavy atom.